The van der Waals surface area contributed by atoms with Gasteiger partial charge in [-0.25, -0.2) is 0 Å². The lowest BCUT2D eigenvalue weighted by molar-refractivity contribution is -0.00514. The lowest BCUT2D eigenvalue weighted by Crippen LogP contribution is -2.61. The van der Waals surface area contributed by atoms with Crippen molar-refractivity contribution < 1.29 is 0 Å². The quantitative estimate of drug-likeness (QED) is 0.133. The highest BCUT2D eigenvalue weighted by molar-refractivity contribution is 7.00. The van der Waals surface area contributed by atoms with Crippen molar-refractivity contribution in [3.8, 4) is 61.3 Å². The molecule has 3 heterocycles. The predicted octanol–water partition coefficient (Wildman–Crippen LogP) is 22.3. The number of fused-ring (bicyclic) bond motifs is 7. The van der Waals surface area contributed by atoms with Crippen LogP contribution >= 0.6 is 0 Å². The molecule has 4 aliphatic carbocycles. The van der Waals surface area contributed by atoms with Crippen molar-refractivity contribution in [2.75, 3.05) is 9.80 Å². The second kappa shape index (κ2) is 21.6. The van der Waals surface area contributed by atoms with Gasteiger partial charge in [0.2, 0.25) is 0 Å². The smallest absolute Gasteiger partial charge is 0.252 e. The molecule has 4 saturated carbocycles. The summed E-state index contributed by atoms with van der Waals surface area (Å²) in [7, 11) is 0. The maximum absolute atomic E-state index is 2.81. The van der Waals surface area contributed by atoms with Gasteiger partial charge in [-0.2, -0.15) is 0 Å². The van der Waals surface area contributed by atoms with Gasteiger partial charge in [0.05, 0.1) is 22.4 Å². The maximum Gasteiger partial charge on any atom is 0.252 e. The van der Waals surface area contributed by atoms with Crippen LogP contribution in [-0.2, 0) is 16.2 Å². The van der Waals surface area contributed by atoms with Gasteiger partial charge in [0.1, 0.15) is 0 Å². The van der Waals surface area contributed by atoms with E-state index >= 15 is 0 Å². The molecule has 12 aromatic carbocycles. The van der Waals surface area contributed by atoms with Crippen molar-refractivity contribution in [1.82, 2.24) is 4.57 Å². The molecule has 4 fully saturated rings. The summed E-state index contributed by atoms with van der Waals surface area (Å²) in [5.74, 6) is 2.23. The molecule has 4 heteroatoms. The summed E-state index contributed by atoms with van der Waals surface area (Å²) in [6, 6.07) is 105. The number of aromatic nitrogens is 1. The molecule has 0 atom stereocenters. The van der Waals surface area contributed by atoms with E-state index < -0.39 is 0 Å². The standard InChI is InChI=1S/C90H78BN3/c1-88(2,3)67-39-42-75-76-43-40-68(89(4,5)6)51-80(76)92(79(75)50-67)70-41-45-78-82(54-70)94(87-73(64-30-18-10-19-31-64)36-23-37-74(87)65-32-20-11-21-33-65)84-53-69(90-55-58-46-59(56-90)48-60(47-58)57-90)52-83-85(84)91(78)77-44-38-66(61-24-12-7-13-25-61)49-81(77)93(83)86-71(62-26-14-8-15-27-62)34-22-35-72(86)63-28-16-9-17-29-63/h7-45,49-54,58-60H,46-48,55-57H2,1-6H3. The van der Waals surface area contributed by atoms with Crippen molar-refractivity contribution in [2.24, 2.45) is 17.8 Å². The largest absolute Gasteiger partial charge is 0.310 e. The van der Waals surface area contributed by atoms with Crippen molar-refractivity contribution in [2.45, 2.75) is 96.3 Å². The minimum absolute atomic E-state index is 0.0301. The molecule has 13 aromatic rings. The molecule has 456 valence electrons. The van der Waals surface area contributed by atoms with Crippen LogP contribution in [0, 0.1) is 17.8 Å². The van der Waals surface area contributed by atoms with E-state index in [-0.39, 0.29) is 23.0 Å². The molecule has 6 aliphatic rings. The van der Waals surface area contributed by atoms with Crippen LogP contribution in [0.1, 0.15) is 96.8 Å². The first-order valence-corrected chi connectivity index (χ1v) is 34.5. The molecule has 19 rings (SSSR count). The van der Waals surface area contributed by atoms with E-state index in [1.807, 2.05) is 0 Å². The first-order chi connectivity index (χ1) is 45.8. The second-order valence-electron chi connectivity index (χ2n) is 30.3. The van der Waals surface area contributed by atoms with Gasteiger partial charge in [-0.05, 0) is 181 Å². The molecule has 4 bridgehead atoms. The number of para-hydroxylation sites is 2. The fourth-order valence-corrected chi connectivity index (χ4v) is 18.4. The minimum atomic E-state index is -0.141. The monoisotopic (exact) mass is 1210 g/mol. The van der Waals surface area contributed by atoms with Crippen LogP contribution in [0.5, 0.6) is 0 Å². The van der Waals surface area contributed by atoms with E-state index in [1.54, 1.807) is 0 Å². The fourth-order valence-electron chi connectivity index (χ4n) is 18.4. The summed E-state index contributed by atoms with van der Waals surface area (Å²) in [4.78, 5) is 5.59. The van der Waals surface area contributed by atoms with E-state index in [0.29, 0.717) is 0 Å². The lowest BCUT2D eigenvalue weighted by Gasteiger charge is -2.57. The molecular formula is C90H78BN3. The first-order valence-electron chi connectivity index (χ1n) is 34.5. The molecule has 3 nitrogen and oxygen atoms in total. The molecule has 0 N–H and O–H groups in total. The number of anilines is 6. The van der Waals surface area contributed by atoms with Gasteiger partial charge in [-0.3, -0.25) is 0 Å². The van der Waals surface area contributed by atoms with Crippen molar-refractivity contribution in [3.05, 3.63) is 290 Å². The molecule has 2 aliphatic heterocycles. The SMILES string of the molecule is CC(C)(C)c1ccc2c3ccc(C(C)(C)C)cc3n(-c3ccc4c(c3)N(c3c(-c5ccccc5)cccc3-c3ccccc3)c3cc(C56CC7CC(CC(C7)C5)C6)cc5c3B4c3ccc(-c4ccccc4)cc3N5c3c(-c4ccccc4)cccc3-c3ccccc3)c2c1. The van der Waals surface area contributed by atoms with E-state index in [2.05, 4.69) is 329 Å². The molecule has 0 amide bonds. The zero-order valence-electron chi connectivity index (χ0n) is 54.9. The normalized spacial score (nSPS) is 18.6. The Bertz CT molecular complexity index is 4910. The highest BCUT2D eigenvalue weighted by Crippen LogP contribution is 2.63. The minimum Gasteiger partial charge on any atom is -0.310 e. The third-order valence-corrected chi connectivity index (χ3v) is 22.4. The van der Waals surface area contributed by atoms with Gasteiger partial charge >= 0.3 is 0 Å². The number of hydrogen-bond acceptors (Lipinski definition) is 2. The van der Waals surface area contributed by atoms with Gasteiger partial charge in [-0.1, -0.05) is 272 Å². The number of rotatable bonds is 9. The maximum atomic E-state index is 2.81. The van der Waals surface area contributed by atoms with Gasteiger partial charge < -0.3 is 14.4 Å². The Labute approximate surface area is 555 Å². The van der Waals surface area contributed by atoms with Crippen LogP contribution < -0.4 is 26.2 Å². The average molecular weight is 1210 g/mol. The third-order valence-electron chi connectivity index (χ3n) is 22.4. The highest BCUT2D eigenvalue weighted by Gasteiger charge is 2.54. The van der Waals surface area contributed by atoms with Crippen LogP contribution in [0.2, 0.25) is 0 Å². The molecule has 0 radical (unpaired) electrons. The summed E-state index contributed by atoms with van der Waals surface area (Å²) < 4.78 is 2.62. The number of nitrogens with zero attached hydrogens (tertiary/aromatic N) is 3. The van der Waals surface area contributed by atoms with Crippen LogP contribution in [0.4, 0.5) is 34.1 Å². The van der Waals surface area contributed by atoms with E-state index in [1.165, 1.54) is 183 Å². The average Bonchev–Trinajstić information content (AvgIpc) is 0.754. The van der Waals surface area contributed by atoms with Gasteiger partial charge in [-0.15, -0.1) is 0 Å². The number of benzene rings is 12. The fraction of sp³-hybridized carbons (Fsp3) is 0.200. The summed E-state index contributed by atoms with van der Waals surface area (Å²) in [6.45, 7) is 14.0. The van der Waals surface area contributed by atoms with Crippen LogP contribution in [0.25, 0.3) is 83.1 Å². The highest BCUT2D eigenvalue weighted by atomic mass is 15.2. The zero-order valence-corrected chi connectivity index (χ0v) is 54.9. The van der Waals surface area contributed by atoms with E-state index in [9.17, 15) is 0 Å². The van der Waals surface area contributed by atoms with Crippen LogP contribution in [0.15, 0.2) is 273 Å². The molecule has 0 saturated heterocycles. The van der Waals surface area contributed by atoms with Gasteiger partial charge in [0.25, 0.3) is 6.71 Å². The molecule has 0 spiro atoms. The lowest BCUT2D eigenvalue weighted by atomic mass is 9.33. The summed E-state index contributed by atoms with van der Waals surface area (Å²) in [5.41, 5.74) is 31.0. The van der Waals surface area contributed by atoms with E-state index in [0.717, 1.165) is 23.4 Å². The summed E-state index contributed by atoms with van der Waals surface area (Å²) in [6.07, 6.45) is 7.83. The van der Waals surface area contributed by atoms with Crippen molar-refractivity contribution in [3.63, 3.8) is 0 Å². The summed E-state index contributed by atoms with van der Waals surface area (Å²) >= 11 is 0. The van der Waals surface area contributed by atoms with Crippen LogP contribution in [0.3, 0.4) is 0 Å². The Morgan fingerprint density at radius 1 is 0.340 bits per heavy atom. The topological polar surface area (TPSA) is 11.4 Å². The first kappa shape index (κ1) is 56.8. The van der Waals surface area contributed by atoms with Crippen molar-refractivity contribution in [1.29, 1.82) is 0 Å². The molecular weight excluding hydrogens is 1130 g/mol. The Balaban J connectivity index is 1.02. The second-order valence-corrected chi connectivity index (χ2v) is 30.3. The van der Waals surface area contributed by atoms with Gasteiger partial charge in [0, 0.05) is 61.5 Å². The predicted molar refractivity (Wildman–Crippen MR) is 399 cm³/mol. The molecule has 1 aromatic heterocycles. The Hall–Kier alpha value is -9.90. The molecule has 0 unspecified atom stereocenters. The number of hydrogen-bond donors (Lipinski definition) is 0. The zero-order chi connectivity index (χ0) is 63.2. The molecule has 94 heavy (non-hydrogen) atoms. The van der Waals surface area contributed by atoms with E-state index in [4.69, 9.17) is 0 Å². The summed E-state index contributed by atoms with van der Waals surface area (Å²) in [5, 5.41) is 2.55. The van der Waals surface area contributed by atoms with Gasteiger partial charge in [0.15, 0.2) is 0 Å². The Morgan fingerprint density at radius 3 is 1.13 bits per heavy atom. The Kier molecular flexibility index (Phi) is 13.0. The van der Waals surface area contributed by atoms with Crippen LogP contribution in [-0.4, -0.2) is 11.3 Å². The van der Waals surface area contributed by atoms with Crippen molar-refractivity contribution >= 4 is 79.0 Å². The Morgan fingerprint density at radius 2 is 0.723 bits per heavy atom. The third kappa shape index (κ3) is 9.14.